The van der Waals surface area contributed by atoms with Crippen LogP contribution in [0.1, 0.15) is 35.8 Å². The van der Waals surface area contributed by atoms with E-state index in [-0.39, 0.29) is 30.5 Å². The SMILES string of the molecule is COC(=O)COc1ccc(CC(C)N(CC(O)c2cccc(Cl)c2)CC(O)c2cccc(Cl)c2)cc1.Cl.O. The first kappa shape index (κ1) is 33.7. The maximum Gasteiger partial charge on any atom is 0.343 e. The molecule has 10 heteroatoms. The van der Waals surface area contributed by atoms with Gasteiger partial charge in [-0.05, 0) is 66.4 Å². The van der Waals surface area contributed by atoms with Crippen LogP contribution in [0, 0.1) is 0 Å². The smallest absolute Gasteiger partial charge is 0.343 e. The van der Waals surface area contributed by atoms with E-state index in [0.717, 1.165) is 5.56 Å². The van der Waals surface area contributed by atoms with Crippen LogP contribution in [0.4, 0.5) is 0 Å². The molecule has 3 aromatic rings. The number of carbonyl (C=O) groups is 1. The van der Waals surface area contributed by atoms with Gasteiger partial charge < -0.3 is 25.2 Å². The number of halogens is 3. The fraction of sp³-hybridized carbons (Fsp3) is 0.321. The molecule has 0 aliphatic heterocycles. The molecule has 3 rings (SSSR count). The molecule has 3 aromatic carbocycles. The van der Waals surface area contributed by atoms with E-state index in [1.807, 2.05) is 24.3 Å². The average Bonchev–Trinajstić information content (AvgIpc) is 2.87. The number of ether oxygens (including phenoxy) is 2. The Balaban J connectivity index is 0.00000361. The van der Waals surface area contributed by atoms with Gasteiger partial charge in [-0.15, -0.1) is 12.4 Å². The van der Waals surface area contributed by atoms with E-state index in [4.69, 9.17) is 27.9 Å². The lowest BCUT2D eigenvalue weighted by Gasteiger charge is -2.33. The van der Waals surface area contributed by atoms with E-state index < -0.39 is 18.2 Å². The number of carbonyl (C=O) groups excluding carboxylic acids is 1. The van der Waals surface area contributed by atoms with Crippen molar-refractivity contribution in [2.45, 2.75) is 31.6 Å². The quantitative estimate of drug-likeness (QED) is 0.294. The second kappa shape index (κ2) is 16.6. The summed E-state index contributed by atoms with van der Waals surface area (Å²) in [6.07, 6.45) is -0.902. The molecule has 38 heavy (non-hydrogen) atoms. The molecule has 0 aliphatic rings. The van der Waals surface area contributed by atoms with Crippen LogP contribution in [-0.2, 0) is 16.0 Å². The first-order valence-electron chi connectivity index (χ1n) is 11.6. The lowest BCUT2D eigenvalue weighted by molar-refractivity contribution is -0.142. The fourth-order valence-electron chi connectivity index (χ4n) is 3.91. The molecule has 0 saturated heterocycles. The van der Waals surface area contributed by atoms with E-state index in [1.165, 1.54) is 7.11 Å². The summed E-state index contributed by atoms with van der Waals surface area (Å²) in [4.78, 5) is 13.3. The standard InChI is InChI=1S/C28H31Cl2NO5.ClH.H2O/c1-19(13-20-9-11-25(12-10-20)36-18-28(34)35-2)31(16-26(32)21-5-3-7-23(29)14-21)17-27(33)22-6-4-8-24(30)15-22;;/h3-12,14-15,19,26-27,32-33H,13,16-18H2,1-2H3;1H;1H2. The van der Waals surface area contributed by atoms with Crippen LogP contribution in [0.2, 0.25) is 10.0 Å². The summed E-state index contributed by atoms with van der Waals surface area (Å²) in [6.45, 7) is 2.51. The molecule has 3 atom stereocenters. The number of aliphatic hydroxyl groups is 2. The van der Waals surface area contributed by atoms with Gasteiger partial charge in [-0.3, -0.25) is 4.90 Å². The van der Waals surface area contributed by atoms with Gasteiger partial charge in [0.2, 0.25) is 0 Å². The van der Waals surface area contributed by atoms with Gasteiger partial charge in [0.1, 0.15) is 5.75 Å². The van der Waals surface area contributed by atoms with Crippen molar-refractivity contribution in [2.75, 3.05) is 26.8 Å². The van der Waals surface area contributed by atoms with E-state index in [2.05, 4.69) is 16.6 Å². The van der Waals surface area contributed by atoms with Crippen molar-refractivity contribution in [1.82, 2.24) is 4.90 Å². The summed E-state index contributed by atoms with van der Waals surface area (Å²) < 4.78 is 10.0. The first-order valence-corrected chi connectivity index (χ1v) is 12.4. The first-order chi connectivity index (χ1) is 17.2. The molecule has 0 heterocycles. The van der Waals surface area contributed by atoms with E-state index >= 15 is 0 Å². The molecule has 0 amide bonds. The molecule has 0 aromatic heterocycles. The van der Waals surface area contributed by atoms with Gasteiger partial charge in [-0.1, -0.05) is 59.6 Å². The largest absolute Gasteiger partial charge is 0.482 e. The van der Waals surface area contributed by atoms with E-state index in [9.17, 15) is 15.0 Å². The Morgan fingerprint density at radius 3 is 1.84 bits per heavy atom. The summed E-state index contributed by atoms with van der Waals surface area (Å²) in [7, 11) is 1.31. The highest BCUT2D eigenvalue weighted by atomic mass is 35.5. The van der Waals surface area contributed by atoms with Gasteiger partial charge in [-0.25, -0.2) is 4.79 Å². The number of hydrogen-bond donors (Lipinski definition) is 2. The fourth-order valence-corrected chi connectivity index (χ4v) is 4.31. The molecule has 0 fully saturated rings. The molecule has 0 saturated carbocycles. The number of nitrogens with zero attached hydrogens (tertiary/aromatic N) is 1. The number of methoxy groups -OCH3 is 1. The molecule has 4 N–H and O–H groups in total. The summed E-state index contributed by atoms with van der Waals surface area (Å²) in [5, 5.41) is 23.0. The molecule has 0 aliphatic carbocycles. The molecule has 3 unspecified atom stereocenters. The Bertz CT molecular complexity index is 1080. The van der Waals surface area contributed by atoms with E-state index in [1.54, 1.807) is 48.5 Å². The number of rotatable bonds is 12. The number of hydrogen-bond acceptors (Lipinski definition) is 6. The third-order valence-corrected chi connectivity index (χ3v) is 6.41. The Kier molecular flexibility index (Phi) is 14.7. The van der Waals surface area contributed by atoms with Gasteiger partial charge in [0.15, 0.2) is 6.61 Å². The predicted molar refractivity (Wildman–Crippen MR) is 152 cm³/mol. The zero-order chi connectivity index (χ0) is 26.1. The molecule has 0 radical (unpaired) electrons. The number of aliphatic hydroxyl groups excluding tert-OH is 2. The van der Waals surface area contributed by atoms with Gasteiger partial charge in [0.25, 0.3) is 0 Å². The molecule has 208 valence electrons. The maximum atomic E-state index is 11.3. The monoisotopic (exact) mass is 585 g/mol. The molecule has 7 nitrogen and oxygen atoms in total. The van der Waals surface area contributed by atoms with Crippen LogP contribution in [0.3, 0.4) is 0 Å². The van der Waals surface area contributed by atoms with Crippen molar-refractivity contribution in [3.63, 3.8) is 0 Å². The van der Waals surface area contributed by atoms with E-state index in [0.29, 0.717) is 46.4 Å². The van der Waals surface area contributed by atoms with Crippen LogP contribution < -0.4 is 4.74 Å². The van der Waals surface area contributed by atoms with Crippen molar-refractivity contribution < 1.29 is 30.0 Å². The van der Waals surface area contributed by atoms with Crippen LogP contribution in [0.15, 0.2) is 72.8 Å². The van der Waals surface area contributed by atoms with Gasteiger partial charge in [0, 0.05) is 29.2 Å². The summed E-state index contributed by atoms with van der Waals surface area (Å²) >= 11 is 12.2. The molecule has 0 bridgehead atoms. The van der Waals surface area contributed by atoms with Crippen molar-refractivity contribution in [3.05, 3.63) is 99.5 Å². The highest BCUT2D eigenvalue weighted by molar-refractivity contribution is 6.30. The van der Waals surface area contributed by atoms with Crippen LogP contribution in [0.25, 0.3) is 0 Å². The summed E-state index contributed by atoms with van der Waals surface area (Å²) in [5.41, 5.74) is 2.47. The topological polar surface area (TPSA) is 111 Å². The predicted octanol–water partition coefficient (Wildman–Crippen LogP) is 4.84. The minimum Gasteiger partial charge on any atom is -0.482 e. The maximum absolute atomic E-state index is 11.3. The Morgan fingerprint density at radius 2 is 1.39 bits per heavy atom. The summed E-state index contributed by atoms with van der Waals surface area (Å²) in [5.74, 6) is 0.126. The minimum absolute atomic E-state index is 0. The zero-order valence-corrected chi connectivity index (χ0v) is 23.5. The second-order valence-electron chi connectivity index (χ2n) is 8.66. The number of esters is 1. The minimum atomic E-state index is -0.785. The molecule has 0 spiro atoms. The zero-order valence-electron chi connectivity index (χ0n) is 21.2. The average molecular weight is 587 g/mol. The lowest BCUT2D eigenvalue weighted by atomic mass is 10.0. The highest BCUT2D eigenvalue weighted by Gasteiger charge is 2.23. The highest BCUT2D eigenvalue weighted by Crippen LogP contribution is 2.24. The number of benzene rings is 3. The lowest BCUT2D eigenvalue weighted by Crippen LogP contribution is -2.40. The van der Waals surface area contributed by atoms with Gasteiger partial charge in [-0.2, -0.15) is 0 Å². The van der Waals surface area contributed by atoms with Gasteiger partial charge in [0.05, 0.1) is 19.3 Å². The third-order valence-electron chi connectivity index (χ3n) is 5.94. The van der Waals surface area contributed by atoms with Crippen molar-refractivity contribution in [2.24, 2.45) is 0 Å². The Hall–Kier alpha value is -2.36. The molecular formula is C28H34Cl3NO6. The van der Waals surface area contributed by atoms with Crippen molar-refractivity contribution >= 4 is 41.6 Å². The Labute approximate surface area is 239 Å². The Morgan fingerprint density at radius 1 is 0.895 bits per heavy atom. The normalized spacial score (nSPS) is 13.0. The molecular weight excluding hydrogens is 553 g/mol. The summed E-state index contributed by atoms with van der Waals surface area (Å²) in [6, 6.07) is 21.7. The van der Waals surface area contributed by atoms with Gasteiger partial charge >= 0.3 is 5.97 Å². The van der Waals surface area contributed by atoms with Crippen LogP contribution in [0.5, 0.6) is 5.75 Å². The second-order valence-corrected chi connectivity index (χ2v) is 9.53. The van der Waals surface area contributed by atoms with Crippen molar-refractivity contribution in [3.8, 4) is 5.75 Å². The van der Waals surface area contributed by atoms with Crippen molar-refractivity contribution in [1.29, 1.82) is 0 Å². The van der Waals surface area contributed by atoms with Crippen LogP contribution >= 0.6 is 35.6 Å². The third kappa shape index (κ3) is 10.4. The van der Waals surface area contributed by atoms with Crippen LogP contribution in [-0.4, -0.2) is 59.4 Å².